The molecule has 0 radical (unpaired) electrons. The molecule has 1 heterocycles. The van der Waals surface area contributed by atoms with Gasteiger partial charge in [0, 0.05) is 17.6 Å². The lowest BCUT2D eigenvalue weighted by Gasteiger charge is -2.18. The van der Waals surface area contributed by atoms with Crippen LogP contribution in [0.4, 0.5) is 14.5 Å². The van der Waals surface area contributed by atoms with E-state index in [9.17, 15) is 22.0 Å². The van der Waals surface area contributed by atoms with Crippen LogP contribution >= 0.6 is 11.6 Å². The van der Waals surface area contributed by atoms with Crippen molar-refractivity contribution in [2.45, 2.75) is 14.4 Å². The Kier molecular flexibility index (Phi) is 7.28. The molecule has 0 aliphatic rings. The van der Waals surface area contributed by atoms with Crippen molar-refractivity contribution >= 4 is 38.2 Å². The van der Waals surface area contributed by atoms with E-state index < -0.39 is 21.7 Å². The highest BCUT2D eigenvalue weighted by atomic mass is 35.5. The number of rotatable bonds is 6. The molecule has 0 bridgehead atoms. The van der Waals surface area contributed by atoms with Gasteiger partial charge in [-0.1, -0.05) is 31.2 Å². The highest BCUT2D eigenvalue weighted by molar-refractivity contribution is 7.92. The monoisotopic (exact) mass is 506 g/mol. The van der Waals surface area contributed by atoms with Crippen molar-refractivity contribution in [3.05, 3.63) is 93.7 Å². The molecule has 0 fully saturated rings. The van der Waals surface area contributed by atoms with E-state index in [0.29, 0.717) is 17.0 Å². The third-order valence-electron chi connectivity index (χ3n) is 4.85. The van der Waals surface area contributed by atoms with Crippen molar-refractivity contribution < 1.29 is 21.9 Å². The zero-order valence-electron chi connectivity index (χ0n) is 17.2. The fourth-order valence-electron chi connectivity index (χ4n) is 3.23. The maximum Gasteiger partial charge on any atom is 0.232 e. The molecule has 0 amide bonds. The van der Waals surface area contributed by atoms with Crippen LogP contribution in [0.2, 0.25) is 5.02 Å². The van der Waals surface area contributed by atoms with E-state index in [1.807, 2.05) is 0 Å². The van der Waals surface area contributed by atoms with Crippen molar-refractivity contribution in [3.63, 3.8) is 0 Å². The summed E-state index contributed by atoms with van der Waals surface area (Å²) < 4.78 is 61.5. The predicted octanol–water partition coefficient (Wildman–Crippen LogP) is 6.11. The number of hydrogen-bond acceptors (Lipinski definition) is 4. The van der Waals surface area contributed by atoms with Crippen LogP contribution in [-0.4, -0.2) is 18.7 Å². The molecule has 4 rings (SSSR count). The van der Waals surface area contributed by atoms with Crippen LogP contribution < -0.4 is 14.9 Å². The van der Waals surface area contributed by atoms with Crippen LogP contribution in [0.1, 0.15) is 14.4 Å². The molecule has 1 aromatic heterocycles. The molecule has 0 atom stereocenters. The van der Waals surface area contributed by atoms with Crippen LogP contribution in [0.3, 0.4) is 0 Å². The van der Waals surface area contributed by atoms with Crippen LogP contribution in [0.5, 0.6) is 11.5 Å². The van der Waals surface area contributed by atoms with Gasteiger partial charge in [-0.25, -0.2) is 17.2 Å². The maximum atomic E-state index is 14.3. The maximum absolute atomic E-state index is 14.3. The van der Waals surface area contributed by atoms with Gasteiger partial charge >= 0.3 is 0 Å². The largest absolute Gasteiger partial charge is 0.452 e. The van der Waals surface area contributed by atoms with Crippen molar-refractivity contribution in [2.75, 3.05) is 10.5 Å². The second-order valence-electron chi connectivity index (χ2n) is 7.06. The lowest BCUT2D eigenvalue weighted by atomic mass is 10.2. The van der Waals surface area contributed by atoms with E-state index >= 15 is 0 Å². The topological polar surface area (TPSA) is 77.4 Å². The fourth-order valence-corrected chi connectivity index (χ4v) is 4.06. The number of benzene rings is 3. The Labute approximate surface area is 200 Å². The fraction of sp³-hybridized carbons (Fsp3) is 0.125. The van der Waals surface area contributed by atoms with Crippen molar-refractivity contribution in [1.29, 1.82) is 0 Å². The number of hydrogen-bond donors (Lipinski definition) is 1. The SMILES string of the molecule is C.CCS(=O)(=O)Nc1ccc(Oc2ccc(F)cc2F)c(-n2cc(Cl)c(=O)c3ccccc32)c1. The quantitative estimate of drug-likeness (QED) is 0.342. The number of anilines is 1. The average molecular weight is 507 g/mol. The van der Waals surface area contributed by atoms with Crippen LogP contribution in [0, 0.1) is 11.6 Å². The number of sulfonamides is 1. The zero-order chi connectivity index (χ0) is 23.8. The van der Waals surface area contributed by atoms with E-state index in [-0.39, 0.29) is 46.5 Å². The van der Waals surface area contributed by atoms with Gasteiger partial charge in [0.15, 0.2) is 17.3 Å². The van der Waals surface area contributed by atoms with E-state index in [1.54, 1.807) is 28.8 Å². The van der Waals surface area contributed by atoms with E-state index in [4.69, 9.17) is 16.3 Å². The summed E-state index contributed by atoms with van der Waals surface area (Å²) in [5, 5.41) is 0.246. The van der Waals surface area contributed by atoms with Gasteiger partial charge in [0.1, 0.15) is 10.8 Å². The van der Waals surface area contributed by atoms with Gasteiger partial charge in [-0.05, 0) is 49.4 Å². The molecule has 4 aromatic rings. The number of fused-ring (bicyclic) bond motifs is 1. The standard InChI is InChI=1S/C23H17ClF2N2O4S.CH4/c1-2-33(30,31)27-15-8-10-22(32-21-9-7-14(25)11-18(21)26)20(12-15)28-13-17(24)23(29)16-5-3-4-6-19(16)28;/h3-13,27H,2H2,1H3;1H4. The number of para-hydroxylation sites is 1. The number of halogens is 3. The number of aromatic nitrogens is 1. The molecule has 34 heavy (non-hydrogen) atoms. The Morgan fingerprint density at radius 1 is 1.03 bits per heavy atom. The number of ether oxygens (including phenoxy) is 1. The summed E-state index contributed by atoms with van der Waals surface area (Å²) in [6.07, 6.45) is 1.37. The second-order valence-corrected chi connectivity index (χ2v) is 9.48. The number of nitrogens with one attached hydrogen (secondary N) is 1. The van der Waals surface area contributed by atoms with E-state index in [2.05, 4.69) is 4.72 Å². The van der Waals surface area contributed by atoms with Crippen molar-refractivity contribution in [1.82, 2.24) is 4.57 Å². The van der Waals surface area contributed by atoms with Gasteiger partial charge in [0.25, 0.3) is 0 Å². The molecule has 0 saturated heterocycles. The van der Waals surface area contributed by atoms with Gasteiger partial charge in [-0.3, -0.25) is 9.52 Å². The molecule has 1 N–H and O–H groups in total. The Morgan fingerprint density at radius 2 is 1.74 bits per heavy atom. The molecule has 0 saturated carbocycles. The molecular formula is C24H21ClF2N2O4S. The summed E-state index contributed by atoms with van der Waals surface area (Å²) in [5.74, 6) is -1.95. The summed E-state index contributed by atoms with van der Waals surface area (Å²) in [5.41, 5.74) is 0.580. The molecular weight excluding hydrogens is 486 g/mol. The first-order valence-electron chi connectivity index (χ1n) is 9.76. The minimum atomic E-state index is -3.59. The smallest absolute Gasteiger partial charge is 0.232 e. The highest BCUT2D eigenvalue weighted by Crippen LogP contribution is 2.34. The van der Waals surface area contributed by atoms with Crippen LogP contribution in [0.15, 0.2) is 71.7 Å². The van der Waals surface area contributed by atoms with Gasteiger partial charge in [-0.15, -0.1) is 0 Å². The summed E-state index contributed by atoms with van der Waals surface area (Å²) in [7, 11) is -3.59. The molecule has 10 heteroatoms. The first-order valence-corrected chi connectivity index (χ1v) is 11.8. The molecule has 0 spiro atoms. The third kappa shape index (κ3) is 5.05. The van der Waals surface area contributed by atoms with Gasteiger partial charge in [0.05, 0.1) is 22.6 Å². The summed E-state index contributed by atoms with van der Waals surface area (Å²) in [6, 6.07) is 13.9. The summed E-state index contributed by atoms with van der Waals surface area (Å²) >= 11 is 6.18. The van der Waals surface area contributed by atoms with Crippen LogP contribution in [-0.2, 0) is 10.0 Å². The lowest BCUT2D eigenvalue weighted by Crippen LogP contribution is -2.15. The summed E-state index contributed by atoms with van der Waals surface area (Å²) in [4.78, 5) is 12.5. The Hall–Kier alpha value is -3.43. The zero-order valence-corrected chi connectivity index (χ0v) is 18.8. The Morgan fingerprint density at radius 3 is 2.44 bits per heavy atom. The minimum Gasteiger partial charge on any atom is -0.452 e. The Bertz CT molecular complexity index is 1540. The first kappa shape index (κ1) is 25.2. The summed E-state index contributed by atoms with van der Waals surface area (Å²) in [6.45, 7) is 1.49. The average Bonchev–Trinajstić information content (AvgIpc) is 2.79. The highest BCUT2D eigenvalue weighted by Gasteiger charge is 2.17. The van der Waals surface area contributed by atoms with Gasteiger partial charge in [0.2, 0.25) is 15.5 Å². The lowest BCUT2D eigenvalue weighted by molar-refractivity contribution is 0.436. The number of nitrogens with zero attached hydrogens (tertiary/aromatic N) is 1. The molecule has 6 nitrogen and oxygen atoms in total. The first-order chi connectivity index (χ1) is 15.7. The third-order valence-corrected chi connectivity index (χ3v) is 6.43. The van der Waals surface area contributed by atoms with E-state index in [0.717, 1.165) is 12.1 Å². The molecule has 0 unspecified atom stereocenters. The molecule has 0 aliphatic heterocycles. The molecule has 178 valence electrons. The molecule has 3 aromatic carbocycles. The second kappa shape index (κ2) is 9.82. The minimum absolute atomic E-state index is 0. The van der Waals surface area contributed by atoms with Crippen LogP contribution in [0.25, 0.3) is 16.6 Å². The van der Waals surface area contributed by atoms with Gasteiger partial charge < -0.3 is 9.30 Å². The normalized spacial score (nSPS) is 11.2. The number of pyridine rings is 1. The van der Waals surface area contributed by atoms with Crippen molar-refractivity contribution in [2.24, 2.45) is 0 Å². The Balaban J connectivity index is 0.00000324. The van der Waals surface area contributed by atoms with E-state index in [1.165, 1.54) is 31.3 Å². The van der Waals surface area contributed by atoms with Gasteiger partial charge in [-0.2, -0.15) is 0 Å². The van der Waals surface area contributed by atoms with Crippen molar-refractivity contribution in [3.8, 4) is 17.2 Å². The molecule has 0 aliphatic carbocycles. The predicted molar refractivity (Wildman–Crippen MR) is 131 cm³/mol.